The number of nitrogens with zero attached hydrogens (tertiary/aromatic N) is 3. The molecule has 3 heterocycles. The van der Waals surface area contributed by atoms with E-state index >= 15 is 0 Å². The molecule has 2 aromatic rings. The molecule has 178 valence electrons. The number of nitrogens with one attached hydrogen (secondary N) is 1. The highest BCUT2D eigenvalue weighted by Gasteiger charge is 2.42. The van der Waals surface area contributed by atoms with Crippen molar-refractivity contribution >= 4 is 11.8 Å². The Morgan fingerprint density at radius 3 is 2.73 bits per heavy atom. The summed E-state index contributed by atoms with van der Waals surface area (Å²) in [6.07, 6.45) is 8.22. The zero-order valence-corrected chi connectivity index (χ0v) is 19.9. The molecule has 0 unspecified atom stereocenters. The van der Waals surface area contributed by atoms with Crippen molar-refractivity contribution < 1.29 is 14.3 Å². The van der Waals surface area contributed by atoms with E-state index in [4.69, 9.17) is 4.74 Å². The molecule has 0 aliphatic carbocycles. The van der Waals surface area contributed by atoms with Gasteiger partial charge in [0.1, 0.15) is 12.4 Å². The van der Waals surface area contributed by atoms with Gasteiger partial charge in [-0.2, -0.15) is 5.10 Å². The Labute approximate surface area is 196 Å². The first-order valence-corrected chi connectivity index (χ1v) is 12.2. The molecule has 0 bridgehead atoms. The summed E-state index contributed by atoms with van der Waals surface area (Å²) in [5, 5.41) is 7.38. The predicted molar refractivity (Wildman–Crippen MR) is 127 cm³/mol. The predicted octanol–water partition coefficient (Wildman–Crippen LogP) is 3.27. The van der Waals surface area contributed by atoms with Gasteiger partial charge in [-0.05, 0) is 63.1 Å². The first-order valence-electron chi connectivity index (χ1n) is 12.2. The van der Waals surface area contributed by atoms with E-state index < -0.39 is 5.41 Å². The van der Waals surface area contributed by atoms with Gasteiger partial charge in [-0.25, -0.2) is 0 Å². The van der Waals surface area contributed by atoms with E-state index in [0.717, 1.165) is 50.0 Å². The summed E-state index contributed by atoms with van der Waals surface area (Å²) >= 11 is 0. The van der Waals surface area contributed by atoms with Crippen LogP contribution in [0.15, 0.2) is 36.5 Å². The smallest absolute Gasteiger partial charge is 0.226 e. The Balaban J connectivity index is 1.37. The standard InChI is InChI=1S/C26H36N4O3/c1-20-19-33-23-9-4-3-7-21(23)8-5-6-13-26(25(32)28-20)14-17-30(18-15-26)24(31)11-10-22-12-16-27-29(22)2/h3-4,7,9,12,16,20H,5-6,8,10-11,13-15,17-19H2,1-2H3,(H,28,32)/t20-/m1/s1. The van der Waals surface area contributed by atoms with Crippen LogP contribution in [0.5, 0.6) is 5.75 Å². The Kier molecular flexibility index (Phi) is 7.36. The molecule has 7 heteroatoms. The summed E-state index contributed by atoms with van der Waals surface area (Å²) in [7, 11) is 1.90. The van der Waals surface area contributed by atoms with Crippen molar-refractivity contribution in [2.45, 2.75) is 64.3 Å². The molecule has 1 aromatic carbocycles. The number of amides is 2. The molecule has 1 spiro atoms. The van der Waals surface area contributed by atoms with E-state index in [9.17, 15) is 9.59 Å². The van der Waals surface area contributed by atoms with E-state index in [2.05, 4.69) is 22.5 Å². The molecule has 1 N–H and O–H groups in total. The second-order valence-electron chi connectivity index (χ2n) is 9.61. The van der Waals surface area contributed by atoms with Crippen molar-refractivity contribution in [1.29, 1.82) is 0 Å². The second-order valence-corrected chi connectivity index (χ2v) is 9.61. The molecule has 33 heavy (non-hydrogen) atoms. The van der Waals surface area contributed by atoms with Crippen LogP contribution in [-0.4, -0.2) is 52.2 Å². The topological polar surface area (TPSA) is 76.5 Å². The van der Waals surface area contributed by atoms with Crippen molar-refractivity contribution in [3.8, 4) is 5.75 Å². The monoisotopic (exact) mass is 452 g/mol. The molecule has 0 saturated carbocycles. The largest absolute Gasteiger partial charge is 0.491 e. The fraction of sp³-hybridized carbons (Fsp3) is 0.577. The summed E-state index contributed by atoms with van der Waals surface area (Å²) in [6.45, 7) is 3.74. The SMILES string of the molecule is C[C@@H]1COc2ccccc2CCCCC2(CCN(C(=O)CCc3ccnn3C)CC2)C(=O)N1. The molecule has 1 aromatic heterocycles. The maximum Gasteiger partial charge on any atom is 0.226 e. The second kappa shape index (κ2) is 10.4. The van der Waals surface area contributed by atoms with E-state index in [1.807, 2.05) is 41.8 Å². The molecule has 1 saturated heterocycles. The highest BCUT2D eigenvalue weighted by atomic mass is 16.5. The highest BCUT2D eigenvalue weighted by Crippen LogP contribution is 2.38. The maximum absolute atomic E-state index is 13.4. The average molecular weight is 453 g/mol. The number of para-hydroxylation sites is 1. The number of ether oxygens (including phenoxy) is 1. The van der Waals surface area contributed by atoms with Gasteiger partial charge in [0.25, 0.3) is 0 Å². The number of aryl methyl sites for hydroxylation is 3. The van der Waals surface area contributed by atoms with E-state index in [1.165, 1.54) is 5.56 Å². The molecule has 1 fully saturated rings. The summed E-state index contributed by atoms with van der Waals surface area (Å²) in [5.74, 6) is 1.21. The van der Waals surface area contributed by atoms with E-state index in [0.29, 0.717) is 32.5 Å². The quantitative estimate of drug-likeness (QED) is 0.776. The lowest BCUT2D eigenvalue weighted by molar-refractivity contribution is -0.141. The van der Waals surface area contributed by atoms with E-state index in [-0.39, 0.29) is 17.9 Å². The number of aromatic nitrogens is 2. The first kappa shape index (κ1) is 23.3. The number of rotatable bonds is 3. The third-order valence-electron chi connectivity index (χ3n) is 7.26. The van der Waals surface area contributed by atoms with Crippen LogP contribution in [0.1, 0.15) is 56.7 Å². The maximum atomic E-state index is 13.4. The Hall–Kier alpha value is -2.83. The summed E-state index contributed by atoms with van der Waals surface area (Å²) in [5.41, 5.74) is 1.90. The zero-order chi connectivity index (χ0) is 23.3. The number of likely N-dealkylation sites (tertiary alicyclic amines) is 1. The fourth-order valence-electron chi connectivity index (χ4n) is 5.08. The molecular formula is C26H36N4O3. The molecule has 1 atom stereocenters. The van der Waals surface area contributed by atoms with Crippen LogP contribution < -0.4 is 10.1 Å². The number of hydrogen-bond donors (Lipinski definition) is 1. The van der Waals surface area contributed by atoms with Crippen LogP contribution in [0, 0.1) is 5.41 Å². The van der Waals surface area contributed by atoms with Crippen LogP contribution in [0.3, 0.4) is 0 Å². The van der Waals surface area contributed by atoms with Gasteiger partial charge in [0.2, 0.25) is 11.8 Å². The Morgan fingerprint density at radius 2 is 1.97 bits per heavy atom. The number of hydrogen-bond acceptors (Lipinski definition) is 4. The number of carbonyl (C=O) groups is 2. The van der Waals surface area contributed by atoms with Crippen LogP contribution in [-0.2, 0) is 29.5 Å². The third-order valence-corrected chi connectivity index (χ3v) is 7.26. The van der Waals surface area contributed by atoms with Crippen molar-refractivity contribution in [2.24, 2.45) is 12.5 Å². The van der Waals surface area contributed by atoms with Gasteiger partial charge in [0.15, 0.2) is 0 Å². The van der Waals surface area contributed by atoms with Crippen molar-refractivity contribution in [1.82, 2.24) is 20.0 Å². The van der Waals surface area contributed by atoms with Crippen LogP contribution >= 0.6 is 0 Å². The average Bonchev–Trinajstić information content (AvgIpc) is 3.23. The highest BCUT2D eigenvalue weighted by molar-refractivity contribution is 5.83. The number of piperidine rings is 1. The minimum Gasteiger partial charge on any atom is -0.491 e. The first-order chi connectivity index (χ1) is 16.0. The van der Waals surface area contributed by atoms with Crippen LogP contribution in [0.4, 0.5) is 0 Å². The fourth-order valence-corrected chi connectivity index (χ4v) is 5.08. The summed E-state index contributed by atoms with van der Waals surface area (Å²) < 4.78 is 7.85. The molecule has 2 amide bonds. The summed E-state index contributed by atoms with van der Waals surface area (Å²) in [4.78, 5) is 28.1. The molecule has 2 aliphatic heterocycles. The van der Waals surface area contributed by atoms with Gasteiger partial charge < -0.3 is 15.0 Å². The third kappa shape index (κ3) is 5.57. The molecular weight excluding hydrogens is 416 g/mol. The lowest BCUT2D eigenvalue weighted by atomic mass is 9.73. The van der Waals surface area contributed by atoms with Crippen LogP contribution in [0.25, 0.3) is 0 Å². The minimum atomic E-state index is -0.397. The van der Waals surface area contributed by atoms with Crippen molar-refractivity contribution in [3.05, 3.63) is 47.8 Å². The van der Waals surface area contributed by atoms with Crippen molar-refractivity contribution in [3.63, 3.8) is 0 Å². The van der Waals surface area contributed by atoms with Gasteiger partial charge in [0.05, 0.1) is 11.5 Å². The lowest BCUT2D eigenvalue weighted by Crippen LogP contribution is -2.52. The number of fused-ring (bicyclic) bond motifs is 1. The molecule has 0 radical (unpaired) electrons. The van der Waals surface area contributed by atoms with Crippen molar-refractivity contribution in [2.75, 3.05) is 19.7 Å². The normalized spacial score (nSPS) is 21.3. The van der Waals surface area contributed by atoms with Gasteiger partial charge in [-0.1, -0.05) is 24.6 Å². The van der Waals surface area contributed by atoms with Gasteiger partial charge in [-0.3, -0.25) is 14.3 Å². The zero-order valence-electron chi connectivity index (χ0n) is 19.9. The summed E-state index contributed by atoms with van der Waals surface area (Å²) in [6, 6.07) is 10.1. The Morgan fingerprint density at radius 1 is 1.18 bits per heavy atom. The molecule has 2 aliphatic rings. The van der Waals surface area contributed by atoms with Crippen LogP contribution in [0.2, 0.25) is 0 Å². The lowest BCUT2D eigenvalue weighted by Gasteiger charge is -2.41. The molecule has 4 rings (SSSR count). The van der Waals surface area contributed by atoms with Gasteiger partial charge in [0, 0.05) is 38.4 Å². The molecule has 7 nitrogen and oxygen atoms in total. The van der Waals surface area contributed by atoms with Gasteiger partial charge >= 0.3 is 0 Å². The minimum absolute atomic E-state index is 0.0691. The number of benzene rings is 1. The van der Waals surface area contributed by atoms with E-state index in [1.54, 1.807) is 6.20 Å². The Bertz CT molecular complexity index is 962. The number of carbonyl (C=O) groups excluding carboxylic acids is 2. The van der Waals surface area contributed by atoms with Gasteiger partial charge in [-0.15, -0.1) is 0 Å².